The van der Waals surface area contributed by atoms with E-state index in [1.54, 1.807) is 7.11 Å². The molecule has 102 valence electrons. The third kappa shape index (κ3) is 3.43. The van der Waals surface area contributed by atoms with Gasteiger partial charge in [-0.1, -0.05) is 17.7 Å². The average molecular weight is 259 g/mol. The zero-order valence-corrected chi connectivity index (χ0v) is 11.8. The van der Waals surface area contributed by atoms with E-state index in [0.717, 1.165) is 25.4 Å². The molecule has 2 rings (SSSR count). The van der Waals surface area contributed by atoms with Crippen molar-refractivity contribution < 1.29 is 4.74 Å². The first-order valence-corrected chi connectivity index (χ1v) is 6.52. The summed E-state index contributed by atoms with van der Waals surface area (Å²) >= 11 is 0. The summed E-state index contributed by atoms with van der Waals surface area (Å²) in [6.07, 6.45) is 1.93. The molecule has 0 spiro atoms. The third-order valence-corrected chi connectivity index (χ3v) is 3.19. The molecule has 0 aliphatic carbocycles. The van der Waals surface area contributed by atoms with Gasteiger partial charge in [-0.2, -0.15) is 5.10 Å². The second-order valence-electron chi connectivity index (χ2n) is 4.67. The molecule has 0 atom stereocenters. The molecule has 4 heteroatoms. The SMILES string of the molecule is COCCNCc1cnn(-c2ccc(C)cc2)c1C. The molecule has 2 aromatic rings. The number of hydrogen-bond acceptors (Lipinski definition) is 3. The van der Waals surface area contributed by atoms with E-state index in [-0.39, 0.29) is 0 Å². The van der Waals surface area contributed by atoms with Gasteiger partial charge in [0.15, 0.2) is 0 Å². The van der Waals surface area contributed by atoms with Crippen molar-refractivity contribution in [3.8, 4) is 5.69 Å². The lowest BCUT2D eigenvalue weighted by Crippen LogP contribution is -2.18. The topological polar surface area (TPSA) is 39.1 Å². The summed E-state index contributed by atoms with van der Waals surface area (Å²) < 4.78 is 6.99. The molecular weight excluding hydrogens is 238 g/mol. The smallest absolute Gasteiger partial charge is 0.0648 e. The highest BCUT2D eigenvalue weighted by molar-refractivity contribution is 5.36. The van der Waals surface area contributed by atoms with Crippen LogP contribution in [0.15, 0.2) is 30.5 Å². The zero-order chi connectivity index (χ0) is 13.7. The molecule has 0 radical (unpaired) electrons. The van der Waals surface area contributed by atoms with Gasteiger partial charge < -0.3 is 10.1 Å². The van der Waals surface area contributed by atoms with Crippen LogP contribution >= 0.6 is 0 Å². The van der Waals surface area contributed by atoms with Crippen LogP contribution in [0.5, 0.6) is 0 Å². The summed E-state index contributed by atoms with van der Waals surface area (Å²) in [5.41, 5.74) is 4.76. The lowest BCUT2D eigenvalue weighted by Gasteiger charge is -2.07. The zero-order valence-electron chi connectivity index (χ0n) is 11.8. The standard InChI is InChI=1S/C15H21N3O/c1-12-4-6-15(7-5-12)18-13(2)14(11-17-18)10-16-8-9-19-3/h4-7,11,16H,8-10H2,1-3H3. The maximum atomic E-state index is 5.01. The van der Waals surface area contributed by atoms with Crippen LogP contribution in [0.2, 0.25) is 0 Å². The van der Waals surface area contributed by atoms with Gasteiger partial charge in [-0.05, 0) is 26.0 Å². The quantitative estimate of drug-likeness (QED) is 0.809. The van der Waals surface area contributed by atoms with Gasteiger partial charge >= 0.3 is 0 Å². The van der Waals surface area contributed by atoms with E-state index >= 15 is 0 Å². The van der Waals surface area contributed by atoms with E-state index in [4.69, 9.17) is 4.74 Å². The second-order valence-corrected chi connectivity index (χ2v) is 4.67. The van der Waals surface area contributed by atoms with E-state index < -0.39 is 0 Å². The first kappa shape index (κ1) is 13.8. The number of hydrogen-bond donors (Lipinski definition) is 1. The Hall–Kier alpha value is -1.65. The van der Waals surface area contributed by atoms with Gasteiger partial charge in [-0.3, -0.25) is 0 Å². The molecule has 0 bridgehead atoms. The van der Waals surface area contributed by atoms with E-state index in [1.807, 2.05) is 10.9 Å². The predicted octanol–water partition coefficient (Wildman–Crippen LogP) is 2.23. The second kappa shape index (κ2) is 6.50. The maximum absolute atomic E-state index is 5.01. The molecule has 0 unspecified atom stereocenters. The Kier molecular flexibility index (Phi) is 4.71. The molecule has 19 heavy (non-hydrogen) atoms. The minimum atomic E-state index is 0.727. The number of aryl methyl sites for hydroxylation is 1. The van der Waals surface area contributed by atoms with Crippen molar-refractivity contribution in [1.29, 1.82) is 0 Å². The Morgan fingerprint density at radius 1 is 1.21 bits per heavy atom. The highest BCUT2D eigenvalue weighted by Crippen LogP contribution is 2.14. The van der Waals surface area contributed by atoms with Gasteiger partial charge in [0.2, 0.25) is 0 Å². The molecule has 1 aromatic carbocycles. The normalized spacial score (nSPS) is 10.9. The molecule has 0 fully saturated rings. The van der Waals surface area contributed by atoms with Gasteiger partial charge in [-0.25, -0.2) is 4.68 Å². The molecule has 0 aliphatic rings. The molecule has 0 saturated carbocycles. The molecule has 4 nitrogen and oxygen atoms in total. The van der Waals surface area contributed by atoms with Crippen LogP contribution < -0.4 is 5.32 Å². The average Bonchev–Trinajstić information content (AvgIpc) is 2.77. The van der Waals surface area contributed by atoms with Crippen molar-refractivity contribution in [1.82, 2.24) is 15.1 Å². The largest absolute Gasteiger partial charge is 0.383 e. The minimum absolute atomic E-state index is 0.727. The van der Waals surface area contributed by atoms with Crippen LogP contribution in [0, 0.1) is 13.8 Å². The number of rotatable bonds is 6. The molecule has 1 N–H and O–H groups in total. The van der Waals surface area contributed by atoms with E-state index in [9.17, 15) is 0 Å². The van der Waals surface area contributed by atoms with Crippen molar-refractivity contribution in [3.05, 3.63) is 47.3 Å². The van der Waals surface area contributed by atoms with Crippen molar-refractivity contribution in [2.45, 2.75) is 20.4 Å². The third-order valence-electron chi connectivity index (χ3n) is 3.19. The Bertz CT molecular complexity index is 517. The van der Waals surface area contributed by atoms with Crippen LogP contribution in [-0.2, 0) is 11.3 Å². The molecule has 0 aliphatic heterocycles. The number of benzene rings is 1. The molecule has 1 aromatic heterocycles. The fourth-order valence-electron chi connectivity index (χ4n) is 1.96. The Labute approximate surface area is 114 Å². The molecule has 1 heterocycles. The van der Waals surface area contributed by atoms with Crippen LogP contribution in [0.25, 0.3) is 5.69 Å². The fraction of sp³-hybridized carbons (Fsp3) is 0.400. The summed E-state index contributed by atoms with van der Waals surface area (Å²) in [5, 5.41) is 7.80. The first-order valence-electron chi connectivity index (χ1n) is 6.52. The minimum Gasteiger partial charge on any atom is -0.383 e. The predicted molar refractivity (Wildman–Crippen MR) is 76.6 cm³/mol. The van der Waals surface area contributed by atoms with Crippen LogP contribution in [0.3, 0.4) is 0 Å². The first-order chi connectivity index (χ1) is 9.22. The lowest BCUT2D eigenvalue weighted by molar-refractivity contribution is 0.199. The van der Waals surface area contributed by atoms with Gasteiger partial charge in [-0.15, -0.1) is 0 Å². The van der Waals surface area contributed by atoms with Gasteiger partial charge in [0, 0.05) is 31.5 Å². The lowest BCUT2D eigenvalue weighted by atomic mass is 10.2. The molecule has 0 saturated heterocycles. The maximum Gasteiger partial charge on any atom is 0.0648 e. The van der Waals surface area contributed by atoms with E-state index in [1.165, 1.54) is 16.8 Å². The van der Waals surface area contributed by atoms with Gasteiger partial charge in [0.25, 0.3) is 0 Å². The van der Waals surface area contributed by atoms with Crippen LogP contribution in [-0.4, -0.2) is 30.0 Å². The number of nitrogens with one attached hydrogen (secondary N) is 1. The highest BCUT2D eigenvalue weighted by Gasteiger charge is 2.07. The van der Waals surface area contributed by atoms with Crippen molar-refractivity contribution in [3.63, 3.8) is 0 Å². The van der Waals surface area contributed by atoms with Crippen LogP contribution in [0.1, 0.15) is 16.8 Å². The van der Waals surface area contributed by atoms with Crippen molar-refractivity contribution >= 4 is 0 Å². The fourth-order valence-corrected chi connectivity index (χ4v) is 1.96. The number of aromatic nitrogens is 2. The Balaban J connectivity index is 2.07. The number of nitrogens with zero attached hydrogens (tertiary/aromatic N) is 2. The van der Waals surface area contributed by atoms with Crippen LogP contribution in [0.4, 0.5) is 0 Å². The van der Waals surface area contributed by atoms with E-state index in [2.05, 4.69) is 48.5 Å². The monoisotopic (exact) mass is 259 g/mol. The summed E-state index contributed by atoms with van der Waals surface area (Å²) in [4.78, 5) is 0. The highest BCUT2D eigenvalue weighted by atomic mass is 16.5. The molecule has 0 amide bonds. The van der Waals surface area contributed by atoms with Crippen molar-refractivity contribution in [2.24, 2.45) is 0 Å². The summed E-state index contributed by atoms with van der Waals surface area (Å²) in [7, 11) is 1.71. The Morgan fingerprint density at radius 2 is 1.95 bits per heavy atom. The Morgan fingerprint density at radius 3 is 2.63 bits per heavy atom. The molecular formula is C15H21N3O. The summed E-state index contributed by atoms with van der Waals surface area (Å²) in [6.45, 7) is 6.59. The van der Waals surface area contributed by atoms with Crippen molar-refractivity contribution in [2.75, 3.05) is 20.3 Å². The van der Waals surface area contributed by atoms with Gasteiger partial charge in [0.1, 0.15) is 0 Å². The summed E-state index contributed by atoms with van der Waals surface area (Å²) in [6, 6.07) is 8.40. The number of methoxy groups -OCH3 is 1. The van der Waals surface area contributed by atoms with E-state index in [0.29, 0.717) is 0 Å². The summed E-state index contributed by atoms with van der Waals surface area (Å²) in [5.74, 6) is 0. The van der Waals surface area contributed by atoms with Gasteiger partial charge in [0.05, 0.1) is 18.5 Å². The number of ether oxygens (including phenoxy) is 1.